The molecule has 1 unspecified atom stereocenters. The number of rotatable bonds is 6. The molecule has 7 heteroatoms. The van der Waals surface area contributed by atoms with Crippen LogP contribution < -0.4 is 9.64 Å². The molecule has 0 bridgehead atoms. The number of nitrogens with zero attached hydrogens (tertiary/aromatic N) is 2. The van der Waals surface area contributed by atoms with Gasteiger partial charge >= 0.3 is 5.97 Å². The summed E-state index contributed by atoms with van der Waals surface area (Å²) in [6.45, 7) is 4.51. The van der Waals surface area contributed by atoms with Crippen LogP contribution in [0.1, 0.15) is 50.5 Å². The van der Waals surface area contributed by atoms with E-state index in [0.29, 0.717) is 23.7 Å². The predicted octanol–water partition coefficient (Wildman–Crippen LogP) is 5.23. The molecule has 0 fully saturated rings. The number of aromatic nitrogens is 2. The van der Waals surface area contributed by atoms with Crippen molar-refractivity contribution in [1.82, 2.24) is 10.2 Å². The Labute approximate surface area is 196 Å². The maximum atomic E-state index is 13.6. The Kier molecular flexibility index (Phi) is 5.37. The van der Waals surface area contributed by atoms with Crippen LogP contribution in [0.4, 0.5) is 5.69 Å². The Bertz CT molecular complexity index is 1360. The average Bonchev–Trinajstić information content (AvgIpc) is 3.39. The first-order valence-corrected chi connectivity index (χ1v) is 11.0. The van der Waals surface area contributed by atoms with Crippen molar-refractivity contribution < 1.29 is 19.4 Å². The fraction of sp³-hybridized carbons (Fsp3) is 0.148. The smallest absolute Gasteiger partial charge is 0.335 e. The number of carbonyl (C=O) groups excluding carboxylic acids is 1. The molecule has 1 aliphatic rings. The van der Waals surface area contributed by atoms with Crippen LogP contribution in [0.3, 0.4) is 0 Å². The van der Waals surface area contributed by atoms with Gasteiger partial charge in [0.05, 0.1) is 23.9 Å². The van der Waals surface area contributed by atoms with E-state index in [9.17, 15) is 14.7 Å². The number of H-pyrrole nitrogens is 1. The highest BCUT2D eigenvalue weighted by molar-refractivity contribution is 6.11. The molecule has 34 heavy (non-hydrogen) atoms. The van der Waals surface area contributed by atoms with E-state index in [4.69, 9.17) is 4.74 Å². The third kappa shape index (κ3) is 3.61. The van der Waals surface area contributed by atoms with Gasteiger partial charge in [-0.2, -0.15) is 5.10 Å². The molecule has 1 aliphatic heterocycles. The second-order valence-corrected chi connectivity index (χ2v) is 8.16. The Morgan fingerprint density at radius 3 is 2.32 bits per heavy atom. The van der Waals surface area contributed by atoms with Crippen LogP contribution in [-0.4, -0.2) is 33.8 Å². The van der Waals surface area contributed by atoms with Crippen LogP contribution in [0, 0.1) is 6.92 Å². The first-order valence-electron chi connectivity index (χ1n) is 11.0. The topological polar surface area (TPSA) is 95.5 Å². The Morgan fingerprint density at radius 1 is 1.03 bits per heavy atom. The van der Waals surface area contributed by atoms with Crippen molar-refractivity contribution in [3.8, 4) is 17.0 Å². The number of amides is 1. The molecule has 0 radical (unpaired) electrons. The quantitative estimate of drug-likeness (QED) is 0.417. The summed E-state index contributed by atoms with van der Waals surface area (Å²) < 4.78 is 5.60. The number of carboxylic acids is 1. The maximum Gasteiger partial charge on any atom is 0.335 e. The first-order chi connectivity index (χ1) is 16.5. The summed E-state index contributed by atoms with van der Waals surface area (Å²) in [4.78, 5) is 26.6. The highest BCUT2D eigenvalue weighted by atomic mass is 16.5. The number of aromatic carboxylic acids is 1. The van der Waals surface area contributed by atoms with Crippen molar-refractivity contribution in [2.24, 2.45) is 0 Å². The fourth-order valence-corrected chi connectivity index (χ4v) is 4.34. The first kappa shape index (κ1) is 21.5. The van der Waals surface area contributed by atoms with Crippen molar-refractivity contribution in [1.29, 1.82) is 0 Å². The van der Waals surface area contributed by atoms with Gasteiger partial charge in [-0.05, 0) is 55.8 Å². The number of benzene rings is 3. The number of aryl methyl sites for hydroxylation is 1. The Hall–Kier alpha value is -4.39. The molecule has 0 spiro atoms. The number of fused-ring (bicyclic) bond motifs is 1. The average molecular weight is 453 g/mol. The lowest BCUT2D eigenvalue weighted by Crippen LogP contribution is -2.29. The standard InChI is InChI=1S/C27H23N3O4/c1-3-34-21-14-10-18(11-15-21)25-22-23(17-6-4-16(2)5-7-17)28-29-24(22)26(31)30(25)20-12-8-19(9-13-20)27(32)33/h4-15,25H,3H2,1-2H3,(H,28,29)(H,32,33). The van der Waals surface area contributed by atoms with E-state index in [-0.39, 0.29) is 11.5 Å². The third-order valence-electron chi connectivity index (χ3n) is 5.99. The van der Waals surface area contributed by atoms with Crippen molar-refractivity contribution in [2.75, 3.05) is 11.5 Å². The van der Waals surface area contributed by atoms with Gasteiger partial charge in [0.15, 0.2) is 0 Å². The second-order valence-electron chi connectivity index (χ2n) is 8.16. The molecule has 4 aromatic rings. The molecule has 5 rings (SSSR count). The van der Waals surface area contributed by atoms with Crippen LogP contribution in [-0.2, 0) is 0 Å². The summed E-state index contributed by atoms with van der Waals surface area (Å²) in [6, 6.07) is 21.6. The van der Waals surface area contributed by atoms with Crippen LogP contribution in [0.2, 0.25) is 0 Å². The highest BCUT2D eigenvalue weighted by Crippen LogP contribution is 2.45. The van der Waals surface area contributed by atoms with Crippen molar-refractivity contribution in [3.05, 3.63) is 101 Å². The minimum atomic E-state index is -1.02. The summed E-state index contributed by atoms with van der Waals surface area (Å²) in [5, 5.41) is 16.7. The lowest BCUT2D eigenvalue weighted by molar-refractivity contribution is 0.0696. The summed E-state index contributed by atoms with van der Waals surface area (Å²) in [5.41, 5.74) is 5.64. The van der Waals surface area contributed by atoms with E-state index >= 15 is 0 Å². The molecule has 2 N–H and O–H groups in total. The monoisotopic (exact) mass is 453 g/mol. The summed E-state index contributed by atoms with van der Waals surface area (Å²) in [5.74, 6) is -0.486. The number of hydrogen-bond acceptors (Lipinski definition) is 4. The summed E-state index contributed by atoms with van der Waals surface area (Å²) >= 11 is 0. The van der Waals surface area contributed by atoms with Gasteiger partial charge in [0.1, 0.15) is 11.4 Å². The van der Waals surface area contributed by atoms with Gasteiger partial charge in [0.25, 0.3) is 5.91 Å². The van der Waals surface area contributed by atoms with Gasteiger partial charge in [-0.1, -0.05) is 42.0 Å². The predicted molar refractivity (Wildman–Crippen MR) is 128 cm³/mol. The molecule has 7 nitrogen and oxygen atoms in total. The van der Waals surface area contributed by atoms with E-state index in [1.54, 1.807) is 17.0 Å². The van der Waals surface area contributed by atoms with E-state index in [0.717, 1.165) is 28.0 Å². The number of anilines is 1. The summed E-state index contributed by atoms with van der Waals surface area (Å²) in [6.07, 6.45) is 0. The lowest BCUT2D eigenvalue weighted by atomic mass is 9.95. The molecule has 0 aliphatic carbocycles. The molecule has 0 saturated carbocycles. The zero-order valence-corrected chi connectivity index (χ0v) is 18.8. The molecular formula is C27H23N3O4. The molecule has 170 valence electrons. The Balaban J connectivity index is 1.65. The molecule has 1 amide bonds. The van der Waals surface area contributed by atoms with Crippen LogP contribution in [0.15, 0.2) is 72.8 Å². The Morgan fingerprint density at radius 2 is 1.71 bits per heavy atom. The van der Waals surface area contributed by atoms with E-state index in [1.807, 2.05) is 62.4 Å². The lowest BCUT2D eigenvalue weighted by Gasteiger charge is -2.26. The number of hydrogen-bond donors (Lipinski definition) is 2. The van der Waals surface area contributed by atoms with Gasteiger partial charge in [-0.3, -0.25) is 14.8 Å². The molecule has 1 aromatic heterocycles. The number of nitrogens with one attached hydrogen (secondary N) is 1. The molecule has 3 aromatic carbocycles. The number of ether oxygens (including phenoxy) is 1. The van der Waals surface area contributed by atoms with Gasteiger partial charge in [-0.25, -0.2) is 4.79 Å². The van der Waals surface area contributed by atoms with Crippen molar-refractivity contribution >= 4 is 17.6 Å². The molecular weight excluding hydrogens is 430 g/mol. The zero-order valence-electron chi connectivity index (χ0n) is 18.8. The normalized spacial score (nSPS) is 14.8. The maximum absolute atomic E-state index is 13.6. The number of carboxylic acid groups (broad SMARTS) is 1. The highest BCUT2D eigenvalue weighted by Gasteiger charge is 2.43. The fourth-order valence-electron chi connectivity index (χ4n) is 4.34. The van der Waals surface area contributed by atoms with E-state index in [2.05, 4.69) is 10.2 Å². The van der Waals surface area contributed by atoms with E-state index < -0.39 is 12.0 Å². The van der Waals surface area contributed by atoms with Crippen molar-refractivity contribution in [2.45, 2.75) is 19.9 Å². The largest absolute Gasteiger partial charge is 0.494 e. The number of carbonyl (C=O) groups is 2. The summed E-state index contributed by atoms with van der Waals surface area (Å²) in [7, 11) is 0. The van der Waals surface area contributed by atoms with Crippen LogP contribution in [0.5, 0.6) is 5.75 Å². The zero-order chi connectivity index (χ0) is 23.8. The van der Waals surface area contributed by atoms with E-state index in [1.165, 1.54) is 12.1 Å². The SMILES string of the molecule is CCOc1ccc(C2c3c(-c4ccc(C)cc4)n[nH]c3C(=O)N2c2ccc(C(=O)O)cc2)cc1. The minimum Gasteiger partial charge on any atom is -0.494 e. The minimum absolute atomic E-state index is 0.161. The van der Waals surface area contributed by atoms with Gasteiger partial charge in [0, 0.05) is 16.8 Å². The van der Waals surface area contributed by atoms with Gasteiger partial charge in [0.2, 0.25) is 0 Å². The number of aromatic amines is 1. The van der Waals surface area contributed by atoms with Crippen LogP contribution in [0.25, 0.3) is 11.3 Å². The molecule has 2 heterocycles. The molecule has 1 atom stereocenters. The third-order valence-corrected chi connectivity index (χ3v) is 5.99. The van der Waals surface area contributed by atoms with Gasteiger partial charge < -0.3 is 9.84 Å². The van der Waals surface area contributed by atoms with Crippen LogP contribution >= 0.6 is 0 Å². The van der Waals surface area contributed by atoms with Crippen molar-refractivity contribution in [3.63, 3.8) is 0 Å². The second kappa shape index (κ2) is 8.51. The van der Waals surface area contributed by atoms with Gasteiger partial charge in [-0.15, -0.1) is 0 Å². The molecule has 0 saturated heterocycles.